The third kappa shape index (κ3) is 3.80. The Morgan fingerprint density at radius 1 is 1.04 bits per heavy atom. The SMILES string of the molecule is COc1cc(C(=O)N2CCCC2C2CCC2)ccc1OCc1ccccc1. The summed E-state index contributed by atoms with van der Waals surface area (Å²) < 4.78 is 11.4. The molecule has 27 heavy (non-hydrogen) atoms. The average Bonchev–Trinajstić information content (AvgIpc) is 3.14. The van der Waals surface area contributed by atoms with Crippen LogP contribution >= 0.6 is 0 Å². The lowest BCUT2D eigenvalue weighted by Gasteiger charge is -2.37. The first-order valence-electron chi connectivity index (χ1n) is 9.92. The second-order valence-electron chi connectivity index (χ2n) is 7.54. The van der Waals surface area contributed by atoms with Crippen LogP contribution in [0.5, 0.6) is 11.5 Å². The van der Waals surface area contributed by atoms with Crippen molar-refractivity contribution >= 4 is 5.91 Å². The van der Waals surface area contributed by atoms with Gasteiger partial charge in [0, 0.05) is 18.2 Å². The Balaban J connectivity index is 1.47. The molecule has 2 aliphatic rings. The third-order valence-corrected chi connectivity index (χ3v) is 5.90. The van der Waals surface area contributed by atoms with Crippen LogP contribution in [0.4, 0.5) is 0 Å². The number of benzene rings is 2. The molecule has 1 aliphatic heterocycles. The Labute approximate surface area is 161 Å². The molecule has 1 saturated carbocycles. The maximum Gasteiger partial charge on any atom is 0.254 e. The molecule has 1 aliphatic carbocycles. The molecule has 2 aromatic rings. The first-order valence-corrected chi connectivity index (χ1v) is 9.92. The summed E-state index contributed by atoms with van der Waals surface area (Å²) in [7, 11) is 1.62. The molecule has 0 bridgehead atoms. The number of amides is 1. The summed E-state index contributed by atoms with van der Waals surface area (Å²) in [6.45, 7) is 1.34. The van der Waals surface area contributed by atoms with Gasteiger partial charge in [0.2, 0.25) is 0 Å². The van der Waals surface area contributed by atoms with Crippen LogP contribution in [0.2, 0.25) is 0 Å². The number of rotatable bonds is 6. The molecule has 1 amide bonds. The molecule has 1 heterocycles. The van der Waals surface area contributed by atoms with Gasteiger partial charge in [-0.25, -0.2) is 0 Å². The molecule has 4 rings (SSSR count). The fourth-order valence-corrected chi connectivity index (χ4v) is 4.18. The van der Waals surface area contributed by atoms with Crippen LogP contribution in [0.15, 0.2) is 48.5 Å². The van der Waals surface area contributed by atoms with E-state index in [2.05, 4.69) is 4.90 Å². The van der Waals surface area contributed by atoms with Crippen molar-refractivity contribution < 1.29 is 14.3 Å². The Morgan fingerprint density at radius 2 is 1.85 bits per heavy atom. The van der Waals surface area contributed by atoms with Crippen LogP contribution in [-0.4, -0.2) is 30.5 Å². The zero-order valence-electron chi connectivity index (χ0n) is 15.9. The zero-order chi connectivity index (χ0) is 18.6. The second-order valence-corrected chi connectivity index (χ2v) is 7.54. The van der Waals surface area contributed by atoms with Crippen LogP contribution < -0.4 is 9.47 Å². The van der Waals surface area contributed by atoms with Crippen molar-refractivity contribution in [2.24, 2.45) is 5.92 Å². The molecule has 0 N–H and O–H groups in total. The molecule has 4 nitrogen and oxygen atoms in total. The fourth-order valence-electron chi connectivity index (χ4n) is 4.18. The van der Waals surface area contributed by atoms with Gasteiger partial charge < -0.3 is 14.4 Å². The van der Waals surface area contributed by atoms with Gasteiger partial charge in [-0.15, -0.1) is 0 Å². The van der Waals surface area contributed by atoms with E-state index < -0.39 is 0 Å². The predicted molar refractivity (Wildman–Crippen MR) is 105 cm³/mol. The summed E-state index contributed by atoms with van der Waals surface area (Å²) >= 11 is 0. The molecule has 0 spiro atoms. The van der Waals surface area contributed by atoms with E-state index in [1.165, 1.54) is 19.3 Å². The fraction of sp³-hybridized carbons (Fsp3) is 0.435. The van der Waals surface area contributed by atoms with Crippen molar-refractivity contribution in [3.63, 3.8) is 0 Å². The highest BCUT2D eigenvalue weighted by Gasteiger charge is 2.37. The van der Waals surface area contributed by atoms with Gasteiger partial charge in [0.1, 0.15) is 6.61 Å². The van der Waals surface area contributed by atoms with Crippen molar-refractivity contribution in [3.8, 4) is 11.5 Å². The van der Waals surface area contributed by atoms with E-state index >= 15 is 0 Å². The first-order chi connectivity index (χ1) is 13.3. The van der Waals surface area contributed by atoms with Crippen molar-refractivity contribution in [2.45, 2.75) is 44.8 Å². The molecule has 4 heteroatoms. The number of ether oxygens (including phenoxy) is 2. The Bertz CT molecular complexity index is 785. The number of carbonyl (C=O) groups is 1. The van der Waals surface area contributed by atoms with Crippen LogP contribution in [0.1, 0.15) is 48.0 Å². The van der Waals surface area contributed by atoms with Gasteiger partial charge in [0.15, 0.2) is 11.5 Å². The average molecular weight is 365 g/mol. The summed E-state index contributed by atoms with van der Waals surface area (Å²) in [5.74, 6) is 2.09. The van der Waals surface area contributed by atoms with E-state index in [0.717, 1.165) is 24.9 Å². The van der Waals surface area contributed by atoms with Gasteiger partial charge in [-0.3, -0.25) is 4.79 Å². The minimum atomic E-state index is 0.123. The van der Waals surface area contributed by atoms with Crippen LogP contribution in [0.25, 0.3) is 0 Å². The van der Waals surface area contributed by atoms with Gasteiger partial charge in [-0.1, -0.05) is 36.8 Å². The standard InChI is InChI=1S/C23H27NO3/c1-26-22-15-19(12-13-21(22)27-16-17-7-3-2-4-8-17)23(25)24-14-6-11-20(24)18-9-5-10-18/h2-4,7-8,12-13,15,18,20H,5-6,9-11,14,16H2,1H3. The quantitative estimate of drug-likeness (QED) is 0.746. The number of carbonyl (C=O) groups excluding carboxylic acids is 1. The third-order valence-electron chi connectivity index (χ3n) is 5.90. The lowest BCUT2D eigenvalue weighted by atomic mass is 9.78. The molecular formula is C23H27NO3. The highest BCUT2D eigenvalue weighted by atomic mass is 16.5. The lowest BCUT2D eigenvalue weighted by Crippen LogP contribution is -2.42. The van der Waals surface area contributed by atoms with E-state index in [1.807, 2.05) is 48.5 Å². The van der Waals surface area contributed by atoms with Gasteiger partial charge in [-0.05, 0) is 55.4 Å². The summed E-state index contributed by atoms with van der Waals surface area (Å²) in [4.78, 5) is 15.2. The second kappa shape index (κ2) is 8.03. The van der Waals surface area contributed by atoms with Crippen molar-refractivity contribution in [3.05, 3.63) is 59.7 Å². The topological polar surface area (TPSA) is 38.8 Å². The minimum Gasteiger partial charge on any atom is -0.493 e. The molecule has 0 radical (unpaired) electrons. The smallest absolute Gasteiger partial charge is 0.254 e. The van der Waals surface area contributed by atoms with Gasteiger partial charge in [0.05, 0.1) is 7.11 Å². The van der Waals surface area contributed by atoms with E-state index in [4.69, 9.17) is 9.47 Å². The maximum atomic E-state index is 13.1. The number of hydrogen-bond acceptors (Lipinski definition) is 3. The van der Waals surface area contributed by atoms with Crippen molar-refractivity contribution in [1.82, 2.24) is 4.90 Å². The highest BCUT2D eigenvalue weighted by Crippen LogP contribution is 2.38. The van der Waals surface area contributed by atoms with E-state index in [1.54, 1.807) is 7.11 Å². The van der Waals surface area contributed by atoms with Gasteiger partial charge >= 0.3 is 0 Å². The molecule has 0 aromatic heterocycles. The summed E-state index contributed by atoms with van der Waals surface area (Å²) in [5.41, 5.74) is 1.78. The first kappa shape index (κ1) is 17.9. The predicted octanol–water partition coefficient (Wildman–Crippen LogP) is 4.68. The molecule has 1 saturated heterocycles. The molecule has 2 fully saturated rings. The zero-order valence-corrected chi connectivity index (χ0v) is 15.9. The van der Waals surface area contributed by atoms with Crippen molar-refractivity contribution in [2.75, 3.05) is 13.7 Å². The normalized spacial score (nSPS) is 19.6. The molecule has 1 atom stereocenters. The Morgan fingerprint density at radius 3 is 2.56 bits per heavy atom. The van der Waals surface area contributed by atoms with Crippen LogP contribution in [0.3, 0.4) is 0 Å². The molecule has 142 valence electrons. The highest BCUT2D eigenvalue weighted by molar-refractivity contribution is 5.95. The van der Waals surface area contributed by atoms with Gasteiger partial charge in [0.25, 0.3) is 5.91 Å². The summed E-state index contributed by atoms with van der Waals surface area (Å²) in [5, 5.41) is 0. The largest absolute Gasteiger partial charge is 0.493 e. The number of nitrogens with zero attached hydrogens (tertiary/aromatic N) is 1. The number of methoxy groups -OCH3 is 1. The van der Waals surface area contributed by atoms with E-state index in [9.17, 15) is 4.79 Å². The molecular weight excluding hydrogens is 338 g/mol. The lowest BCUT2D eigenvalue weighted by molar-refractivity contribution is 0.0626. The molecule has 2 aromatic carbocycles. The number of likely N-dealkylation sites (tertiary alicyclic amines) is 1. The van der Waals surface area contributed by atoms with E-state index in [0.29, 0.717) is 35.6 Å². The van der Waals surface area contributed by atoms with Crippen LogP contribution in [-0.2, 0) is 6.61 Å². The van der Waals surface area contributed by atoms with Crippen molar-refractivity contribution in [1.29, 1.82) is 0 Å². The van der Waals surface area contributed by atoms with Crippen LogP contribution in [0, 0.1) is 5.92 Å². The monoisotopic (exact) mass is 365 g/mol. The minimum absolute atomic E-state index is 0.123. The number of hydrogen-bond donors (Lipinski definition) is 0. The Kier molecular flexibility index (Phi) is 5.33. The summed E-state index contributed by atoms with van der Waals surface area (Å²) in [6, 6.07) is 16.0. The van der Waals surface area contributed by atoms with E-state index in [-0.39, 0.29) is 5.91 Å². The summed E-state index contributed by atoms with van der Waals surface area (Å²) in [6.07, 6.45) is 6.10. The maximum absolute atomic E-state index is 13.1. The molecule has 1 unspecified atom stereocenters. The van der Waals surface area contributed by atoms with Gasteiger partial charge in [-0.2, -0.15) is 0 Å². The Hall–Kier alpha value is -2.49.